The molecule has 0 aromatic carbocycles. The summed E-state index contributed by atoms with van der Waals surface area (Å²) in [5, 5.41) is 0. The van der Waals surface area contributed by atoms with Gasteiger partial charge in [0.05, 0.1) is 0 Å². The molecule has 0 aromatic heterocycles. The number of hydrogen-bond acceptors (Lipinski definition) is 2. The number of hydrogen-bond donors (Lipinski definition) is 0. The van der Waals surface area contributed by atoms with Crippen LogP contribution in [-0.2, 0) is 9.53 Å². The third-order valence-corrected chi connectivity index (χ3v) is 3.66. The van der Waals surface area contributed by atoms with E-state index >= 15 is 0 Å². The zero-order valence-corrected chi connectivity index (χ0v) is 10.4. The quantitative estimate of drug-likeness (QED) is 0.749. The molecule has 0 aliphatic carbocycles. The Labute approximate surface area is 95.4 Å². The van der Waals surface area contributed by atoms with Crippen LogP contribution in [-0.4, -0.2) is 23.9 Å². The standard InChI is InChI=1S/C12H20F2O2/c1-5-10(2,3)9(15)11(4)12(13,14)7-6-8-16-11/h5-8H2,1-4H3. The number of carbonyl (C=O) groups excluding carboxylic acids is 1. The summed E-state index contributed by atoms with van der Waals surface area (Å²) in [5.41, 5.74) is -2.72. The third kappa shape index (κ3) is 1.99. The van der Waals surface area contributed by atoms with Gasteiger partial charge in [0, 0.05) is 18.4 Å². The lowest BCUT2D eigenvalue weighted by Crippen LogP contribution is -2.60. The minimum absolute atomic E-state index is 0.234. The SMILES string of the molecule is CCC(C)(C)C(=O)C1(C)OCCCC1(F)F. The van der Waals surface area contributed by atoms with Crippen LogP contribution in [0.4, 0.5) is 8.78 Å². The monoisotopic (exact) mass is 234 g/mol. The van der Waals surface area contributed by atoms with Gasteiger partial charge in [-0.2, -0.15) is 0 Å². The summed E-state index contributed by atoms with van der Waals surface area (Å²) in [4.78, 5) is 12.2. The van der Waals surface area contributed by atoms with Crippen LogP contribution in [0.1, 0.15) is 47.0 Å². The Hall–Kier alpha value is -0.510. The lowest BCUT2D eigenvalue weighted by atomic mass is 9.73. The molecule has 1 fully saturated rings. The van der Waals surface area contributed by atoms with Crippen molar-refractivity contribution in [2.24, 2.45) is 5.41 Å². The van der Waals surface area contributed by atoms with Crippen molar-refractivity contribution >= 4 is 5.78 Å². The Morgan fingerprint density at radius 3 is 2.44 bits per heavy atom. The van der Waals surface area contributed by atoms with Gasteiger partial charge in [-0.1, -0.05) is 20.8 Å². The van der Waals surface area contributed by atoms with Gasteiger partial charge in [-0.3, -0.25) is 4.79 Å². The third-order valence-electron chi connectivity index (χ3n) is 3.66. The van der Waals surface area contributed by atoms with Crippen molar-refractivity contribution in [3.63, 3.8) is 0 Å². The topological polar surface area (TPSA) is 26.3 Å². The molecule has 4 heteroatoms. The Morgan fingerprint density at radius 1 is 1.44 bits per heavy atom. The molecule has 0 aromatic rings. The summed E-state index contributed by atoms with van der Waals surface area (Å²) < 4.78 is 32.8. The predicted octanol–water partition coefficient (Wildman–Crippen LogP) is 3.20. The molecule has 1 aliphatic heterocycles. The zero-order valence-electron chi connectivity index (χ0n) is 10.4. The van der Waals surface area contributed by atoms with E-state index in [0.29, 0.717) is 12.8 Å². The molecular formula is C12H20F2O2. The first-order chi connectivity index (χ1) is 7.17. The van der Waals surface area contributed by atoms with E-state index in [1.54, 1.807) is 13.8 Å². The number of rotatable bonds is 3. The molecule has 1 saturated heterocycles. The molecule has 0 radical (unpaired) electrons. The van der Waals surface area contributed by atoms with Crippen LogP contribution in [0.5, 0.6) is 0 Å². The minimum atomic E-state index is -3.06. The number of ketones is 1. The molecule has 0 bridgehead atoms. The fourth-order valence-corrected chi connectivity index (χ4v) is 1.95. The maximum atomic E-state index is 13.8. The molecular weight excluding hydrogens is 214 g/mol. The van der Waals surface area contributed by atoms with Crippen molar-refractivity contribution in [2.45, 2.75) is 58.5 Å². The highest BCUT2D eigenvalue weighted by atomic mass is 19.3. The van der Waals surface area contributed by atoms with E-state index in [1.165, 1.54) is 6.92 Å². The summed E-state index contributed by atoms with van der Waals surface area (Å²) in [6.07, 6.45) is 0.568. The van der Waals surface area contributed by atoms with E-state index in [4.69, 9.17) is 4.74 Å². The second kappa shape index (κ2) is 4.06. The lowest BCUT2D eigenvalue weighted by molar-refractivity contribution is -0.229. The summed E-state index contributed by atoms with van der Waals surface area (Å²) in [5.74, 6) is -3.55. The molecule has 0 N–H and O–H groups in total. The summed E-state index contributed by atoms with van der Waals surface area (Å²) in [6.45, 7) is 6.66. The summed E-state index contributed by atoms with van der Waals surface area (Å²) in [7, 11) is 0. The summed E-state index contributed by atoms with van der Waals surface area (Å²) >= 11 is 0. The highest BCUT2D eigenvalue weighted by Crippen LogP contribution is 2.44. The van der Waals surface area contributed by atoms with Crippen LogP contribution in [0, 0.1) is 5.41 Å². The number of ether oxygens (including phenoxy) is 1. The second-order valence-corrected chi connectivity index (χ2v) is 5.26. The lowest BCUT2D eigenvalue weighted by Gasteiger charge is -2.43. The number of halogens is 2. The molecule has 16 heavy (non-hydrogen) atoms. The van der Waals surface area contributed by atoms with Crippen molar-refractivity contribution in [3.05, 3.63) is 0 Å². The van der Waals surface area contributed by atoms with Gasteiger partial charge in [-0.15, -0.1) is 0 Å². The highest BCUT2D eigenvalue weighted by Gasteiger charge is 2.60. The number of carbonyl (C=O) groups is 1. The van der Waals surface area contributed by atoms with E-state index in [-0.39, 0.29) is 13.0 Å². The molecule has 1 aliphatic rings. The average Bonchev–Trinajstić information content (AvgIpc) is 2.21. The van der Waals surface area contributed by atoms with Crippen LogP contribution in [0.25, 0.3) is 0 Å². The van der Waals surface area contributed by atoms with E-state index in [0.717, 1.165) is 0 Å². The fraction of sp³-hybridized carbons (Fsp3) is 0.917. The van der Waals surface area contributed by atoms with E-state index < -0.39 is 22.7 Å². The van der Waals surface area contributed by atoms with Crippen molar-refractivity contribution < 1.29 is 18.3 Å². The summed E-state index contributed by atoms with van der Waals surface area (Å²) in [6, 6.07) is 0. The van der Waals surface area contributed by atoms with Gasteiger partial charge in [-0.05, 0) is 19.8 Å². The minimum Gasteiger partial charge on any atom is -0.361 e. The van der Waals surface area contributed by atoms with Gasteiger partial charge in [-0.25, -0.2) is 8.78 Å². The molecule has 0 spiro atoms. The fourth-order valence-electron chi connectivity index (χ4n) is 1.95. The molecule has 1 unspecified atom stereocenters. The van der Waals surface area contributed by atoms with Gasteiger partial charge in [0.25, 0.3) is 5.92 Å². The van der Waals surface area contributed by atoms with E-state index in [9.17, 15) is 13.6 Å². The van der Waals surface area contributed by atoms with Gasteiger partial charge < -0.3 is 4.74 Å². The average molecular weight is 234 g/mol. The van der Waals surface area contributed by atoms with Crippen LogP contribution in [0.15, 0.2) is 0 Å². The van der Waals surface area contributed by atoms with Crippen LogP contribution in [0.2, 0.25) is 0 Å². The smallest absolute Gasteiger partial charge is 0.283 e. The Balaban J connectivity index is 3.04. The Kier molecular flexibility index (Phi) is 3.44. The first-order valence-electron chi connectivity index (χ1n) is 5.74. The van der Waals surface area contributed by atoms with Crippen LogP contribution >= 0.6 is 0 Å². The zero-order chi connectivity index (χ0) is 12.6. The van der Waals surface area contributed by atoms with Crippen molar-refractivity contribution in [1.29, 1.82) is 0 Å². The normalized spacial score (nSPS) is 30.1. The molecule has 1 heterocycles. The maximum Gasteiger partial charge on any atom is 0.283 e. The molecule has 1 atom stereocenters. The molecule has 94 valence electrons. The largest absolute Gasteiger partial charge is 0.361 e. The molecule has 2 nitrogen and oxygen atoms in total. The van der Waals surface area contributed by atoms with Gasteiger partial charge >= 0.3 is 0 Å². The van der Waals surface area contributed by atoms with E-state index in [1.807, 2.05) is 6.92 Å². The second-order valence-electron chi connectivity index (χ2n) is 5.26. The van der Waals surface area contributed by atoms with Gasteiger partial charge in [0.2, 0.25) is 0 Å². The first kappa shape index (κ1) is 13.6. The Morgan fingerprint density at radius 2 is 2.00 bits per heavy atom. The van der Waals surface area contributed by atoms with Gasteiger partial charge in [0.15, 0.2) is 11.4 Å². The number of Topliss-reactive ketones (excluding diaryl/α,β-unsaturated/α-hetero) is 1. The molecule has 0 amide bonds. The molecule has 0 saturated carbocycles. The highest BCUT2D eigenvalue weighted by molar-refractivity contribution is 5.92. The van der Waals surface area contributed by atoms with Crippen molar-refractivity contribution in [3.8, 4) is 0 Å². The first-order valence-corrected chi connectivity index (χ1v) is 5.74. The van der Waals surface area contributed by atoms with Crippen molar-refractivity contribution in [1.82, 2.24) is 0 Å². The van der Waals surface area contributed by atoms with Crippen LogP contribution in [0.3, 0.4) is 0 Å². The number of alkyl halides is 2. The maximum absolute atomic E-state index is 13.8. The van der Waals surface area contributed by atoms with Crippen LogP contribution < -0.4 is 0 Å². The van der Waals surface area contributed by atoms with Gasteiger partial charge in [0.1, 0.15) is 0 Å². The molecule has 1 rings (SSSR count). The van der Waals surface area contributed by atoms with E-state index in [2.05, 4.69) is 0 Å². The Bertz CT molecular complexity index is 287. The predicted molar refractivity (Wildman–Crippen MR) is 57.6 cm³/mol. The van der Waals surface area contributed by atoms with Crippen molar-refractivity contribution in [2.75, 3.05) is 6.61 Å².